The van der Waals surface area contributed by atoms with Crippen molar-refractivity contribution in [3.05, 3.63) is 118 Å². The number of benzene rings is 3. The standard InChI is InChI=1S/C87H124N16O26S3/c1-10-20-73(112)128-48-103(83(120)74(50(5)11-2)99-81(119)66-25-18-19-36-102(66)9)67(49(3)4)44-68(129-53(8)104)82-96-65(47-130-82)80(118)92-57(40-56-26-28-58(105)29-27-56)39-51(6)75(113)100-101-87(126)127-37-38-131-132-46-52(7)91-78(116)64(43-72(110)111)94-76(114)59(88)45-90-77(115)62(41-54-21-14-12-15-22-54)95-79(117)63(42-55-23-16-13-17-24-55)93-70(107)34-35-89-69(106)32-30-60(84(121)122)97-86(125)98-61(85(123)124)31-33-71(108)109/h12-17,21-24,26-29,47,49-52,57,59-64,66-68,74,105H,10-11,18-20,25,30-46,48,88H2,1-9H3,(H,89,106)(H,90,115)(H,91,116)(H,92,118)(H,93,107)(H,94,114)(H,95,117)(H,99,119)(H,100,113)(H,101,126)(H,108,109)(H,110,111)(H,121,122)(H,123,124)(H2,97,98,125)/t50?,51-,52-,57+,59-,60-,61-,62-,63-,64-,66+,67+,68+,74-/m0/s1. The fourth-order valence-corrected chi connectivity index (χ4v) is 16.6. The number of likely N-dealkylation sites (N-methyl/N-ethyl adjacent to an activating group) is 1. The number of nitrogens with two attached hydrogens (primary N) is 1. The second-order valence-electron chi connectivity index (χ2n) is 32.3. The lowest BCUT2D eigenvalue weighted by atomic mass is 9.92. The lowest BCUT2D eigenvalue weighted by molar-refractivity contribution is -0.161. The van der Waals surface area contributed by atoms with Crippen LogP contribution < -0.4 is 69.8 Å². The summed E-state index contributed by atoms with van der Waals surface area (Å²) in [7, 11) is 4.33. The number of rotatable bonds is 57. The van der Waals surface area contributed by atoms with E-state index in [0.29, 0.717) is 36.0 Å². The molecule has 1 aromatic heterocycles. The maximum Gasteiger partial charge on any atom is 0.426 e. The molecule has 0 radical (unpaired) electrons. The van der Waals surface area contributed by atoms with Crippen LogP contribution in [0.3, 0.4) is 0 Å². The molecule has 19 N–H and O–H groups in total. The Morgan fingerprint density at radius 1 is 0.614 bits per heavy atom. The minimum atomic E-state index is -1.70. The van der Waals surface area contributed by atoms with Crippen molar-refractivity contribution in [1.29, 1.82) is 0 Å². The number of aromatic nitrogens is 1. The van der Waals surface area contributed by atoms with Crippen molar-refractivity contribution in [2.24, 2.45) is 23.5 Å². The number of carboxylic acid groups (broad SMARTS) is 4. The lowest BCUT2D eigenvalue weighted by Gasteiger charge is -2.39. The fraction of sp³-hybridized carbons (Fsp3) is 0.552. The van der Waals surface area contributed by atoms with Gasteiger partial charge in [0.1, 0.15) is 65.4 Å². The van der Waals surface area contributed by atoms with Gasteiger partial charge in [0.15, 0.2) is 12.8 Å². The smallest absolute Gasteiger partial charge is 0.426 e. The summed E-state index contributed by atoms with van der Waals surface area (Å²) in [5.74, 6) is -15.7. The number of phenolic OH excluding ortho intramolecular Hbond substituents is 1. The molecule has 1 aliphatic rings. The topological polar surface area (TPSA) is 626 Å². The SMILES string of the molecule is CCCC(=O)OCN(C(=O)[C@@H](NC(=O)[C@H]1CCCCN1C)C(C)CC)[C@H](C[C@@H](OC(C)=O)c1nc(C(=O)N[C@@H](Cc2ccc(O)cc2)C[C@H](C)C(=O)NNC(=O)OCCSSC[C@H](C)NC(=O)[C@H](CC(=O)O)NC(=O)[C@@H](N)CNC(=O)[C@H](Cc2ccccc2)NC(=O)[C@H](Cc2ccccc2)NC(=O)CCNC(=O)CC[C@H](NC(=O)N[C@@H](CCC(=O)O)C(=O)O)C(=O)O)cs1)C(C)C. The zero-order valence-electron chi connectivity index (χ0n) is 75.2. The molecule has 4 aromatic rings. The summed E-state index contributed by atoms with van der Waals surface area (Å²) in [5.41, 5.74) is 12.5. The van der Waals surface area contributed by atoms with E-state index in [9.17, 15) is 102 Å². The first kappa shape index (κ1) is 110. The number of phenols is 1. The highest BCUT2D eigenvalue weighted by Gasteiger charge is 2.41. The Morgan fingerprint density at radius 2 is 1.22 bits per heavy atom. The van der Waals surface area contributed by atoms with Crippen LogP contribution in [0.5, 0.6) is 5.75 Å². The number of carbonyl (C=O) groups is 18. The second kappa shape index (κ2) is 57.8. The van der Waals surface area contributed by atoms with E-state index in [2.05, 4.69) is 58.4 Å². The van der Waals surface area contributed by atoms with E-state index in [1.165, 1.54) is 50.9 Å². The Hall–Kier alpha value is -12.2. The molecule has 0 bridgehead atoms. The van der Waals surface area contributed by atoms with Crippen LogP contribution in [0.1, 0.15) is 184 Å². The van der Waals surface area contributed by atoms with Crippen LogP contribution in [0.25, 0.3) is 0 Å². The summed E-state index contributed by atoms with van der Waals surface area (Å²) in [6, 6.07) is 8.75. The number of nitrogens with one attached hydrogen (secondary N) is 12. The highest BCUT2D eigenvalue weighted by molar-refractivity contribution is 8.76. The highest BCUT2D eigenvalue weighted by Crippen LogP contribution is 2.33. The Balaban J connectivity index is 1.11. The molecule has 3 aromatic carbocycles. The number of likely N-dealkylation sites (tertiary alicyclic amines) is 1. The van der Waals surface area contributed by atoms with Crippen molar-refractivity contribution in [2.75, 3.05) is 51.5 Å². The number of piperidine rings is 1. The lowest BCUT2D eigenvalue weighted by Crippen LogP contribution is -2.59. The largest absolute Gasteiger partial charge is 0.508 e. The number of aliphatic carboxylic acids is 4. The van der Waals surface area contributed by atoms with Gasteiger partial charge in [-0.05, 0) is 106 Å². The van der Waals surface area contributed by atoms with Crippen molar-refractivity contribution in [3.8, 4) is 5.75 Å². The van der Waals surface area contributed by atoms with Crippen LogP contribution in [0, 0.1) is 17.8 Å². The summed E-state index contributed by atoms with van der Waals surface area (Å²) < 4.78 is 16.9. The molecule has 132 heavy (non-hydrogen) atoms. The number of aromatic hydroxyl groups is 1. The van der Waals surface area contributed by atoms with Gasteiger partial charge >= 0.3 is 47.9 Å². The molecule has 1 saturated heterocycles. The van der Waals surface area contributed by atoms with E-state index in [0.717, 1.165) is 30.7 Å². The van der Waals surface area contributed by atoms with Gasteiger partial charge in [-0.25, -0.2) is 29.6 Å². The molecule has 45 heteroatoms. The van der Waals surface area contributed by atoms with Crippen LogP contribution >= 0.6 is 32.9 Å². The molecule has 0 spiro atoms. The van der Waals surface area contributed by atoms with Crippen LogP contribution in [-0.4, -0.2) is 265 Å². The number of carbonyl (C=O) groups excluding carboxylic acids is 14. The van der Waals surface area contributed by atoms with Crippen LogP contribution in [0.2, 0.25) is 0 Å². The van der Waals surface area contributed by atoms with Gasteiger partial charge in [-0.3, -0.25) is 77.4 Å². The second-order valence-corrected chi connectivity index (χ2v) is 35.8. The van der Waals surface area contributed by atoms with Gasteiger partial charge in [-0.2, -0.15) is 0 Å². The zero-order chi connectivity index (χ0) is 97.7. The Bertz CT molecular complexity index is 4520. The maximum absolute atomic E-state index is 15.0. The van der Waals surface area contributed by atoms with E-state index in [4.69, 9.17) is 25.1 Å². The molecular weight excluding hydrogens is 1780 g/mol. The molecule has 1 aliphatic heterocycles. The quantitative estimate of drug-likeness (QED) is 0.00753. The van der Waals surface area contributed by atoms with Crippen LogP contribution in [-0.2, 0) is 105 Å². The number of hydrogen-bond donors (Lipinski definition) is 18. The third-order valence-electron chi connectivity index (χ3n) is 21.1. The molecule has 0 saturated carbocycles. The van der Waals surface area contributed by atoms with Crippen molar-refractivity contribution in [1.82, 2.24) is 78.8 Å². The van der Waals surface area contributed by atoms with Crippen molar-refractivity contribution in [3.63, 3.8) is 0 Å². The zero-order valence-corrected chi connectivity index (χ0v) is 77.7. The molecule has 726 valence electrons. The van der Waals surface area contributed by atoms with Gasteiger partial charge in [0, 0.05) is 106 Å². The van der Waals surface area contributed by atoms with Crippen molar-refractivity contribution >= 4 is 140 Å². The van der Waals surface area contributed by atoms with E-state index >= 15 is 4.79 Å². The summed E-state index contributed by atoms with van der Waals surface area (Å²) in [5, 5.41) is 74.6. The maximum atomic E-state index is 15.0. The number of hydrogen-bond acceptors (Lipinski definition) is 28. The predicted molar refractivity (Wildman–Crippen MR) is 484 cm³/mol. The van der Waals surface area contributed by atoms with Crippen LogP contribution in [0.4, 0.5) is 9.59 Å². The average Bonchev–Trinajstić information content (AvgIpc) is 1.18. The van der Waals surface area contributed by atoms with E-state index in [1.807, 2.05) is 57.2 Å². The number of nitrogens with zero attached hydrogens (tertiary/aromatic N) is 3. The van der Waals surface area contributed by atoms with Crippen molar-refractivity contribution in [2.45, 2.75) is 237 Å². The molecule has 42 nitrogen and oxygen atoms in total. The molecule has 1 fully saturated rings. The summed E-state index contributed by atoms with van der Waals surface area (Å²) >= 11 is 1.02. The molecule has 0 aliphatic carbocycles. The molecule has 13 amide bonds. The first-order chi connectivity index (χ1) is 62.6. The first-order valence-electron chi connectivity index (χ1n) is 43.3. The van der Waals surface area contributed by atoms with Crippen molar-refractivity contribution < 1.29 is 126 Å². The predicted octanol–water partition coefficient (Wildman–Crippen LogP) is 3.24. The minimum Gasteiger partial charge on any atom is -0.508 e. The number of amides is 13. The van der Waals surface area contributed by atoms with E-state index in [1.54, 1.807) is 86.6 Å². The molecule has 2 heterocycles. The Kier molecular flexibility index (Phi) is 48.3. The number of thiazole rings is 1. The van der Waals surface area contributed by atoms with E-state index < -0.39 is 231 Å². The average molecular weight is 1910 g/mol. The molecule has 1 unspecified atom stereocenters. The summed E-state index contributed by atoms with van der Waals surface area (Å²) in [4.78, 5) is 244. The Morgan fingerprint density at radius 3 is 1.80 bits per heavy atom. The third kappa shape index (κ3) is 40.6. The van der Waals surface area contributed by atoms with Gasteiger partial charge in [0.2, 0.25) is 53.2 Å². The monoisotopic (exact) mass is 1900 g/mol. The fourth-order valence-electron chi connectivity index (χ4n) is 13.7. The summed E-state index contributed by atoms with van der Waals surface area (Å²) in [6.45, 7) is 12.8. The van der Waals surface area contributed by atoms with Gasteiger partial charge < -0.3 is 104 Å². The molecule has 14 atom stereocenters. The number of urea groups is 1. The van der Waals surface area contributed by atoms with Crippen LogP contribution in [0.15, 0.2) is 90.3 Å². The number of carboxylic acids is 4. The van der Waals surface area contributed by atoms with Gasteiger partial charge in [0.05, 0.1) is 12.5 Å². The Labute approximate surface area is 776 Å². The molecular formula is C87H124N16O26S3. The number of ether oxygens (including phenoxy) is 3. The van der Waals surface area contributed by atoms with Gasteiger partial charge in [-0.15, -0.1) is 11.3 Å². The third-order valence-corrected chi connectivity index (χ3v) is 24.6. The number of hydrazine groups is 1. The number of esters is 2. The highest BCUT2D eigenvalue weighted by atomic mass is 33.1. The minimum absolute atomic E-state index is 0.00220. The van der Waals surface area contributed by atoms with Gasteiger partial charge in [-0.1, -0.05) is 149 Å². The normalized spacial score (nSPS) is 15.4. The molecule has 5 rings (SSSR count). The van der Waals surface area contributed by atoms with E-state index in [-0.39, 0.29) is 97.4 Å². The first-order valence-corrected chi connectivity index (χ1v) is 46.7. The van der Waals surface area contributed by atoms with Gasteiger partial charge in [0.25, 0.3) is 5.91 Å². The summed E-state index contributed by atoms with van der Waals surface area (Å²) in [6.07, 6.45) is -2.24.